The lowest BCUT2D eigenvalue weighted by atomic mass is 10.1. The van der Waals surface area contributed by atoms with E-state index in [1.54, 1.807) is 0 Å². The topological polar surface area (TPSA) is 91.1 Å². The highest BCUT2D eigenvalue weighted by molar-refractivity contribution is 5.83. The lowest BCUT2D eigenvalue weighted by Gasteiger charge is -2.07. The number of aliphatic carboxylic acids is 1. The van der Waals surface area contributed by atoms with Crippen molar-refractivity contribution in [2.24, 2.45) is 5.73 Å². The Morgan fingerprint density at radius 2 is 2.16 bits per heavy atom. The minimum Gasteiger partial charge on any atom is -0.480 e. The van der Waals surface area contributed by atoms with Gasteiger partial charge in [0.05, 0.1) is 0 Å². The van der Waals surface area contributed by atoms with Gasteiger partial charge in [0.15, 0.2) is 0 Å². The predicted octanol–water partition coefficient (Wildman–Crippen LogP) is 1.10. The molecule has 0 saturated heterocycles. The second-order valence-corrected chi connectivity index (χ2v) is 4.59. The average Bonchev–Trinajstić information content (AvgIpc) is 2.81. The Morgan fingerprint density at radius 3 is 2.95 bits per heavy atom. The van der Waals surface area contributed by atoms with Crippen LogP contribution in [-0.4, -0.2) is 35.2 Å². The zero-order valence-corrected chi connectivity index (χ0v) is 10.7. The Balaban J connectivity index is 1.76. The molecule has 0 aliphatic rings. The van der Waals surface area contributed by atoms with E-state index in [0.29, 0.717) is 13.0 Å². The molecule has 0 saturated carbocycles. The molecular weight excluding hydrogens is 242 g/mol. The molecule has 5 nitrogen and oxygen atoms in total. The zero-order chi connectivity index (χ0) is 13.7. The van der Waals surface area contributed by atoms with Crippen molar-refractivity contribution >= 4 is 16.9 Å². The number of nitrogens with two attached hydrogens (primary N) is 1. The van der Waals surface area contributed by atoms with Gasteiger partial charge in [-0.2, -0.15) is 0 Å². The number of para-hydroxylation sites is 1. The molecular formula is C14H19N3O2. The van der Waals surface area contributed by atoms with Crippen LogP contribution in [0, 0.1) is 0 Å². The third-order valence-corrected chi connectivity index (χ3v) is 3.20. The van der Waals surface area contributed by atoms with E-state index in [0.717, 1.165) is 18.5 Å². The Kier molecular flexibility index (Phi) is 4.54. The molecule has 0 amide bonds. The second kappa shape index (κ2) is 6.36. The lowest BCUT2D eigenvalue weighted by Crippen LogP contribution is -2.34. The molecule has 2 rings (SSSR count). The van der Waals surface area contributed by atoms with Gasteiger partial charge in [-0.25, -0.2) is 0 Å². The Hall–Kier alpha value is -1.85. The summed E-state index contributed by atoms with van der Waals surface area (Å²) in [5.74, 6) is -0.946. The van der Waals surface area contributed by atoms with Gasteiger partial charge in [-0.1, -0.05) is 18.2 Å². The number of aromatic nitrogens is 1. The first-order valence-corrected chi connectivity index (χ1v) is 6.42. The largest absolute Gasteiger partial charge is 0.480 e. The summed E-state index contributed by atoms with van der Waals surface area (Å²) in [6.45, 7) is 1.43. The van der Waals surface area contributed by atoms with E-state index in [4.69, 9.17) is 10.8 Å². The van der Waals surface area contributed by atoms with E-state index in [-0.39, 0.29) is 0 Å². The monoisotopic (exact) mass is 261 g/mol. The molecule has 19 heavy (non-hydrogen) atoms. The van der Waals surface area contributed by atoms with Gasteiger partial charge < -0.3 is 21.1 Å². The smallest absolute Gasteiger partial charge is 0.320 e. The van der Waals surface area contributed by atoms with Crippen molar-refractivity contribution in [1.82, 2.24) is 10.3 Å². The van der Waals surface area contributed by atoms with Crippen molar-refractivity contribution in [1.29, 1.82) is 0 Å². The highest BCUT2D eigenvalue weighted by atomic mass is 16.4. The molecule has 2 aromatic rings. The first kappa shape index (κ1) is 13.6. The van der Waals surface area contributed by atoms with Crippen LogP contribution in [0.15, 0.2) is 30.5 Å². The van der Waals surface area contributed by atoms with Gasteiger partial charge in [0, 0.05) is 17.1 Å². The van der Waals surface area contributed by atoms with Crippen LogP contribution in [0.5, 0.6) is 0 Å². The number of benzene rings is 1. The molecule has 1 atom stereocenters. The number of hydrogen-bond donors (Lipinski definition) is 4. The third-order valence-electron chi connectivity index (χ3n) is 3.20. The van der Waals surface area contributed by atoms with Crippen molar-refractivity contribution < 1.29 is 9.90 Å². The van der Waals surface area contributed by atoms with Crippen molar-refractivity contribution in [2.75, 3.05) is 13.1 Å². The third kappa shape index (κ3) is 3.56. The van der Waals surface area contributed by atoms with Crippen LogP contribution in [0.25, 0.3) is 10.9 Å². The molecule has 1 unspecified atom stereocenters. The first-order valence-electron chi connectivity index (χ1n) is 6.42. The van der Waals surface area contributed by atoms with E-state index in [1.807, 2.05) is 18.3 Å². The van der Waals surface area contributed by atoms with Gasteiger partial charge in [0.2, 0.25) is 0 Å². The predicted molar refractivity (Wildman–Crippen MR) is 75.1 cm³/mol. The maximum absolute atomic E-state index is 10.5. The number of fused-ring (bicyclic) bond motifs is 1. The molecule has 1 aromatic heterocycles. The minimum absolute atomic E-state index is 0.448. The molecule has 5 heteroatoms. The summed E-state index contributed by atoms with van der Waals surface area (Å²) in [6, 6.07) is 7.41. The molecule has 0 radical (unpaired) electrons. The Bertz CT molecular complexity index is 550. The fourth-order valence-electron chi connectivity index (χ4n) is 2.07. The quantitative estimate of drug-likeness (QED) is 0.562. The van der Waals surface area contributed by atoms with Crippen LogP contribution < -0.4 is 11.1 Å². The standard InChI is InChI=1S/C14H19N3O2/c15-12(14(18)19)6-8-16-7-5-10-9-17-13-4-2-1-3-11(10)13/h1-4,9,12,16-17H,5-8,15H2,(H,18,19). The first-order chi connectivity index (χ1) is 9.18. The maximum Gasteiger partial charge on any atom is 0.320 e. The van der Waals surface area contributed by atoms with Crippen LogP contribution in [0.2, 0.25) is 0 Å². The van der Waals surface area contributed by atoms with E-state index < -0.39 is 12.0 Å². The maximum atomic E-state index is 10.5. The second-order valence-electron chi connectivity index (χ2n) is 4.59. The minimum atomic E-state index is -0.946. The summed E-state index contributed by atoms with van der Waals surface area (Å²) in [7, 11) is 0. The summed E-state index contributed by atoms with van der Waals surface area (Å²) >= 11 is 0. The number of carboxylic acid groups (broad SMARTS) is 1. The van der Waals surface area contributed by atoms with Crippen molar-refractivity contribution in [3.63, 3.8) is 0 Å². The van der Waals surface area contributed by atoms with E-state index in [9.17, 15) is 4.79 Å². The van der Waals surface area contributed by atoms with Crippen LogP contribution in [0.4, 0.5) is 0 Å². The molecule has 1 aromatic carbocycles. The van der Waals surface area contributed by atoms with E-state index in [1.165, 1.54) is 10.9 Å². The van der Waals surface area contributed by atoms with Gasteiger partial charge >= 0.3 is 5.97 Å². The van der Waals surface area contributed by atoms with E-state index in [2.05, 4.69) is 22.4 Å². The molecule has 1 heterocycles. The summed E-state index contributed by atoms with van der Waals surface area (Å²) < 4.78 is 0. The van der Waals surface area contributed by atoms with Crippen LogP contribution in [0.3, 0.4) is 0 Å². The van der Waals surface area contributed by atoms with E-state index >= 15 is 0 Å². The van der Waals surface area contributed by atoms with Crippen LogP contribution in [-0.2, 0) is 11.2 Å². The molecule has 0 bridgehead atoms. The number of carboxylic acids is 1. The van der Waals surface area contributed by atoms with Gasteiger partial charge in [-0.3, -0.25) is 4.79 Å². The normalized spacial score (nSPS) is 12.7. The number of hydrogen-bond acceptors (Lipinski definition) is 3. The molecule has 102 valence electrons. The number of rotatable bonds is 7. The van der Waals surface area contributed by atoms with Gasteiger partial charge in [-0.15, -0.1) is 0 Å². The molecule has 5 N–H and O–H groups in total. The summed E-state index contributed by atoms with van der Waals surface area (Å²) in [5, 5.41) is 13.1. The number of nitrogens with one attached hydrogen (secondary N) is 2. The Labute approximate surface area is 111 Å². The fraction of sp³-hybridized carbons (Fsp3) is 0.357. The van der Waals surface area contributed by atoms with Gasteiger partial charge in [0.25, 0.3) is 0 Å². The number of H-pyrrole nitrogens is 1. The summed E-state index contributed by atoms with van der Waals surface area (Å²) in [5.41, 5.74) is 7.84. The summed E-state index contributed by atoms with van der Waals surface area (Å²) in [4.78, 5) is 13.8. The molecule has 0 spiro atoms. The SMILES string of the molecule is NC(CCNCCc1c[nH]c2ccccc12)C(=O)O. The van der Waals surface area contributed by atoms with Crippen LogP contribution >= 0.6 is 0 Å². The molecule has 0 aliphatic heterocycles. The van der Waals surface area contributed by atoms with Gasteiger partial charge in [0.1, 0.15) is 6.04 Å². The molecule has 0 fully saturated rings. The zero-order valence-electron chi connectivity index (χ0n) is 10.7. The number of aromatic amines is 1. The van der Waals surface area contributed by atoms with Crippen molar-refractivity contribution in [3.05, 3.63) is 36.0 Å². The average molecular weight is 261 g/mol. The van der Waals surface area contributed by atoms with Crippen molar-refractivity contribution in [2.45, 2.75) is 18.9 Å². The Morgan fingerprint density at radius 1 is 1.37 bits per heavy atom. The lowest BCUT2D eigenvalue weighted by molar-refractivity contribution is -0.138. The van der Waals surface area contributed by atoms with Crippen molar-refractivity contribution in [3.8, 4) is 0 Å². The molecule has 0 aliphatic carbocycles. The van der Waals surface area contributed by atoms with Gasteiger partial charge in [-0.05, 0) is 37.6 Å². The number of carbonyl (C=O) groups is 1. The highest BCUT2D eigenvalue weighted by Gasteiger charge is 2.09. The van der Waals surface area contributed by atoms with Crippen LogP contribution in [0.1, 0.15) is 12.0 Å². The highest BCUT2D eigenvalue weighted by Crippen LogP contribution is 2.17. The fourth-order valence-corrected chi connectivity index (χ4v) is 2.07. The summed E-state index contributed by atoms with van der Waals surface area (Å²) in [6.07, 6.45) is 3.38.